The zero-order valence-electron chi connectivity index (χ0n) is 13.7. The lowest BCUT2D eigenvalue weighted by Gasteiger charge is -2.15. The van der Waals surface area contributed by atoms with E-state index in [1.165, 1.54) is 0 Å². The molecule has 0 spiro atoms. The summed E-state index contributed by atoms with van der Waals surface area (Å²) in [6, 6.07) is 7.90. The Kier molecular flexibility index (Phi) is 6.02. The number of nitrogens with one attached hydrogen (secondary N) is 1. The molecule has 5 heteroatoms. The number of ether oxygens (including phenoxy) is 1. The fraction of sp³-hybridized carbons (Fsp3) is 0.556. The number of benzene rings is 1. The third-order valence-corrected chi connectivity index (χ3v) is 4.35. The minimum atomic E-state index is -0.797. The second kappa shape index (κ2) is 7.99. The third-order valence-electron chi connectivity index (χ3n) is 4.35. The van der Waals surface area contributed by atoms with Crippen molar-refractivity contribution < 1.29 is 19.4 Å². The zero-order valence-corrected chi connectivity index (χ0v) is 13.7. The summed E-state index contributed by atoms with van der Waals surface area (Å²) in [5, 5.41) is 11.8. The second-order valence-corrected chi connectivity index (χ2v) is 6.38. The average Bonchev–Trinajstić information content (AvgIpc) is 3.02. The van der Waals surface area contributed by atoms with Gasteiger partial charge in [-0.3, -0.25) is 9.59 Å². The van der Waals surface area contributed by atoms with Gasteiger partial charge in [0.2, 0.25) is 5.91 Å². The highest BCUT2D eigenvalue weighted by molar-refractivity contribution is 5.80. The standard InChI is InChI=1S/C18H25NO4/c1-12(2)15-5-3-4-6-16(15)23-10-9-19-17(20)13-7-8-14(11-13)18(21)22/h3-6,12-14H,7-11H2,1-2H3,(H,19,20)(H,21,22)/t13-,14+/m1/s1. The molecule has 1 saturated carbocycles. The van der Waals surface area contributed by atoms with E-state index in [-0.39, 0.29) is 17.7 Å². The molecule has 1 aromatic carbocycles. The highest BCUT2D eigenvalue weighted by Crippen LogP contribution is 2.31. The molecule has 1 aliphatic carbocycles. The van der Waals surface area contributed by atoms with Gasteiger partial charge in [0.1, 0.15) is 12.4 Å². The van der Waals surface area contributed by atoms with Gasteiger partial charge < -0.3 is 15.2 Å². The smallest absolute Gasteiger partial charge is 0.306 e. The van der Waals surface area contributed by atoms with Crippen molar-refractivity contribution in [2.45, 2.75) is 39.0 Å². The van der Waals surface area contributed by atoms with Gasteiger partial charge in [-0.15, -0.1) is 0 Å². The van der Waals surface area contributed by atoms with Gasteiger partial charge in [-0.05, 0) is 36.8 Å². The zero-order chi connectivity index (χ0) is 16.8. The highest BCUT2D eigenvalue weighted by atomic mass is 16.5. The van der Waals surface area contributed by atoms with Crippen LogP contribution in [0.5, 0.6) is 5.75 Å². The van der Waals surface area contributed by atoms with Crippen molar-refractivity contribution in [3.8, 4) is 5.75 Å². The lowest BCUT2D eigenvalue weighted by molar-refractivity contribution is -0.141. The van der Waals surface area contributed by atoms with Crippen molar-refractivity contribution in [3.63, 3.8) is 0 Å². The maximum Gasteiger partial charge on any atom is 0.306 e. The van der Waals surface area contributed by atoms with E-state index >= 15 is 0 Å². The number of hydrogen-bond donors (Lipinski definition) is 2. The number of carboxylic acids is 1. The van der Waals surface area contributed by atoms with Crippen LogP contribution in [0.15, 0.2) is 24.3 Å². The van der Waals surface area contributed by atoms with E-state index in [4.69, 9.17) is 9.84 Å². The Labute approximate surface area is 137 Å². The van der Waals surface area contributed by atoms with Gasteiger partial charge >= 0.3 is 5.97 Å². The molecule has 0 heterocycles. The van der Waals surface area contributed by atoms with E-state index < -0.39 is 5.97 Å². The molecule has 0 saturated heterocycles. The fourth-order valence-corrected chi connectivity index (χ4v) is 3.01. The summed E-state index contributed by atoms with van der Waals surface area (Å²) in [6.45, 7) is 5.07. The molecule has 5 nitrogen and oxygen atoms in total. The molecule has 126 valence electrons. The molecule has 1 aliphatic rings. The summed E-state index contributed by atoms with van der Waals surface area (Å²) >= 11 is 0. The number of amides is 1. The second-order valence-electron chi connectivity index (χ2n) is 6.38. The topological polar surface area (TPSA) is 75.6 Å². The molecule has 0 unspecified atom stereocenters. The molecule has 0 bridgehead atoms. The molecular weight excluding hydrogens is 294 g/mol. The van der Waals surface area contributed by atoms with Crippen LogP contribution in [0.1, 0.15) is 44.6 Å². The fourth-order valence-electron chi connectivity index (χ4n) is 3.01. The number of carbonyl (C=O) groups excluding carboxylic acids is 1. The highest BCUT2D eigenvalue weighted by Gasteiger charge is 2.33. The van der Waals surface area contributed by atoms with Gasteiger partial charge in [0, 0.05) is 5.92 Å². The van der Waals surface area contributed by atoms with Crippen molar-refractivity contribution in [2.24, 2.45) is 11.8 Å². The lowest BCUT2D eigenvalue weighted by atomic mass is 10.0. The SMILES string of the molecule is CC(C)c1ccccc1OCCNC(=O)[C@@H]1CC[C@H](C(=O)O)C1. The first-order valence-electron chi connectivity index (χ1n) is 8.21. The molecule has 0 aromatic heterocycles. The van der Waals surface area contributed by atoms with Crippen LogP contribution in [0.4, 0.5) is 0 Å². The number of rotatable bonds is 7. The van der Waals surface area contributed by atoms with Gasteiger partial charge in [-0.25, -0.2) is 0 Å². The van der Waals surface area contributed by atoms with Crippen LogP contribution in [0.3, 0.4) is 0 Å². The monoisotopic (exact) mass is 319 g/mol. The Bertz CT molecular complexity index is 556. The van der Waals surface area contributed by atoms with E-state index in [2.05, 4.69) is 19.2 Å². The van der Waals surface area contributed by atoms with Crippen LogP contribution in [-0.2, 0) is 9.59 Å². The predicted molar refractivity (Wildman–Crippen MR) is 87.5 cm³/mol. The van der Waals surface area contributed by atoms with Crippen LogP contribution in [-0.4, -0.2) is 30.1 Å². The molecule has 2 rings (SSSR count). The normalized spacial score (nSPS) is 20.5. The van der Waals surface area contributed by atoms with Gasteiger partial charge in [-0.2, -0.15) is 0 Å². The summed E-state index contributed by atoms with van der Waals surface area (Å²) in [4.78, 5) is 23.0. The molecule has 1 fully saturated rings. The third kappa shape index (κ3) is 4.71. The van der Waals surface area contributed by atoms with Gasteiger partial charge in [0.25, 0.3) is 0 Å². The van der Waals surface area contributed by atoms with Gasteiger partial charge in [0.05, 0.1) is 12.5 Å². The van der Waals surface area contributed by atoms with Crippen LogP contribution in [0.25, 0.3) is 0 Å². The molecule has 1 amide bonds. The Morgan fingerprint density at radius 1 is 1.26 bits per heavy atom. The lowest BCUT2D eigenvalue weighted by Crippen LogP contribution is -2.33. The summed E-state index contributed by atoms with van der Waals surface area (Å²) in [5.74, 6) is -0.182. The number of hydrogen-bond acceptors (Lipinski definition) is 3. The minimum absolute atomic E-state index is 0.0607. The van der Waals surface area contributed by atoms with Crippen molar-refractivity contribution in [3.05, 3.63) is 29.8 Å². The number of carbonyl (C=O) groups is 2. The molecule has 2 N–H and O–H groups in total. The molecule has 2 atom stereocenters. The number of carboxylic acid groups (broad SMARTS) is 1. The van der Waals surface area contributed by atoms with E-state index in [1.54, 1.807) is 0 Å². The summed E-state index contributed by atoms with van der Waals surface area (Å²) < 4.78 is 5.76. The van der Waals surface area contributed by atoms with Crippen molar-refractivity contribution in [1.29, 1.82) is 0 Å². The van der Waals surface area contributed by atoms with Gasteiger partial charge in [-0.1, -0.05) is 32.0 Å². The quantitative estimate of drug-likeness (QED) is 0.758. The van der Waals surface area contributed by atoms with Crippen molar-refractivity contribution in [2.75, 3.05) is 13.2 Å². The molecular formula is C18H25NO4. The first kappa shape index (κ1) is 17.3. The Balaban J connectivity index is 1.74. The summed E-state index contributed by atoms with van der Waals surface area (Å²) in [6.07, 6.45) is 1.68. The van der Waals surface area contributed by atoms with E-state index in [0.717, 1.165) is 11.3 Å². The summed E-state index contributed by atoms with van der Waals surface area (Å²) in [5.41, 5.74) is 1.15. The van der Waals surface area contributed by atoms with Gasteiger partial charge in [0.15, 0.2) is 0 Å². The Hall–Kier alpha value is -2.04. The number of para-hydroxylation sites is 1. The minimum Gasteiger partial charge on any atom is -0.491 e. The van der Waals surface area contributed by atoms with Crippen molar-refractivity contribution >= 4 is 11.9 Å². The average molecular weight is 319 g/mol. The molecule has 0 radical (unpaired) electrons. The van der Waals surface area contributed by atoms with Crippen LogP contribution in [0, 0.1) is 11.8 Å². The van der Waals surface area contributed by atoms with Crippen LogP contribution in [0.2, 0.25) is 0 Å². The molecule has 23 heavy (non-hydrogen) atoms. The Morgan fingerprint density at radius 2 is 1.96 bits per heavy atom. The van der Waals surface area contributed by atoms with Crippen LogP contribution >= 0.6 is 0 Å². The molecule has 0 aliphatic heterocycles. The van der Waals surface area contributed by atoms with Crippen LogP contribution < -0.4 is 10.1 Å². The molecule has 1 aromatic rings. The van der Waals surface area contributed by atoms with Crippen molar-refractivity contribution in [1.82, 2.24) is 5.32 Å². The first-order valence-corrected chi connectivity index (χ1v) is 8.21. The maximum absolute atomic E-state index is 12.0. The van der Waals surface area contributed by atoms with E-state index in [0.29, 0.717) is 38.3 Å². The summed E-state index contributed by atoms with van der Waals surface area (Å²) in [7, 11) is 0. The Morgan fingerprint density at radius 3 is 2.61 bits per heavy atom. The first-order chi connectivity index (χ1) is 11.0. The number of aliphatic carboxylic acids is 1. The van der Waals surface area contributed by atoms with E-state index in [1.807, 2.05) is 24.3 Å². The largest absolute Gasteiger partial charge is 0.491 e. The van der Waals surface area contributed by atoms with E-state index in [9.17, 15) is 9.59 Å². The maximum atomic E-state index is 12.0. The predicted octanol–water partition coefficient (Wildman–Crippen LogP) is 2.81.